The molecule has 0 saturated carbocycles. The second-order valence-corrected chi connectivity index (χ2v) is 3.78. The molecule has 0 bridgehead atoms. The molecule has 2 nitrogen and oxygen atoms in total. The average molecular weight is 240 g/mol. The summed E-state index contributed by atoms with van der Waals surface area (Å²) in [5.74, 6) is -2.13. The molecule has 0 fully saturated rings. The van der Waals surface area contributed by atoms with Crippen LogP contribution in [0.3, 0.4) is 0 Å². The summed E-state index contributed by atoms with van der Waals surface area (Å²) in [6.45, 7) is 2.01. The predicted octanol–water partition coefficient (Wildman–Crippen LogP) is 3.46. The topological polar surface area (TPSA) is 18.5 Å². The van der Waals surface area contributed by atoms with Gasteiger partial charge in [0.25, 0.3) is 0 Å². The number of hydrogen-bond donors (Lipinski definition) is 0. The van der Waals surface area contributed by atoms with Crippen LogP contribution in [-0.4, -0.2) is 12.7 Å². The Hall–Kier alpha value is -1.58. The van der Waals surface area contributed by atoms with Gasteiger partial charge in [0.15, 0.2) is 11.5 Å². The van der Waals surface area contributed by atoms with E-state index >= 15 is 0 Å². The second-order valence-electron chi connectivity index (χ2n) is 3.78. The molecule has 1 atom stereocenters. The van der Waals surface area contributed by atoms with Crippen molar-refractivity contribution in [2.24, 2.45) is 0 Å². The third-order valence-electron chi connectivity index (χ3n) is 2.56. The SMILES string of the molecule is CCOc1ccc(OC2C=CCC2)c(F)c1F. The summed E-state index contributed by atoms with van der Waals surface area (Å²) in [5, 5.41) is 0. The molecule has 92 valence electrons. The van der Waals surface area contributed by atoms with Gasteiger partial charge < -0.3 is 9.47 Å². The number of ether oxygens (including phenoxy) is 2. The Balaban J connectivity index is 2.17. The van der Waals surface area contributed by atoms with Gasteiger partial charge in [-0.15, -0.1) is 0 Å². The molecular formula is C13H14F2O2. The van der Waals surface area contributed by atoms with Crippen LogP contribution in [0.2, 0.25) is 0 Å². The van der Waals surface area contributed by atoms with E-state index in [1.807, 2.05) is 12.2 Å². The number of rotatable bonds is 4. The highest BCUT2D eigenvalue weighted by atomic mass is 19.2. The van der Waals surface area contributed by atoms with E-state index in [9.17, 15) is 8.78 Å². The van der Waals surface area contributed by atoms with Crippen LogP contribution in [0, 0.1) is 11.6 Å². The molecule has 0 aromatic heterocycles. The van der Waals surface area contributed by atoms with Crippen molar-refractivity contribution in [1.82, 2.24) is 0 Å². The lowest BCUT2D eigenvalue weighted by Crippen LogP contribution is -2.11. The normalized spacial score (nSPS) is 18.4. The van der Waals surface area contributed by atoms with Crippen LogP contribution >= 0.6 is 0 Å². The van der Waals surface area contributed by atoms with Crippen molar-refractivity contribution in [3.63, 3.8) is 0 Å². The van der Waals surface area contributed by atoms with E-state index in [1.165, 1.54) is 12.1 Å². The van der Waals surface area contributed by atoms with Gasteiger partial charge in [-0.1, -0.05) is 6.08 Å². The smallest absolute Gasteiger partial charge is 0.204 e. The Morgan fingerprint density at radius 2 is 1.94 bits per heavy atom. The maximum atomic E-state index is 13.6. The highest BCUT2D eigenvalue weighted by molar-refractivity contribution is 5.35. The van der Waals surface area contributed by atoms with E-state index in [-0.39, 0.29) is 17.6 Å². The highest BCUT2D eigenvalue weighted by Gasteiger charge is 2.18. The van der Waals surface area contributed by atoms with Crippen molar-refractivity contribution in [1.29, 1.82) is 0 Å². The summed E-state index contributed by atoms with van der Waals surface area (Å²) < 4.78 is 37.5. The minimum atomic E-state index is -0.994. The predicted molar refractivity (Wildman–Crippen MR) is 60.3 cm³/mol. The number of allylic oxidation sites excluding steroid dienone is 1. The molecule has 1 unspecified atom stereocenters. The lowest BCUT2D eigenvalue weighted by molar-refractivity contribution is 0.231. The van der Waals surface area contributed by atoms with Gasteiger partial charge >= 0.3 is 0 Å². The third kappa shape index (κ3) is 2.57. The molecule has 0 N–H and O–H groups in total. The largest absolute Gasteiger partial charge is 0.491 e. The molecule has 0 heterocycles. The summed E-state index contributed by atoms with van der Waals surface area (Å²) >= 11 is 0. The van der Waals surface area contributed by atoms with Crippen molar-refractivity contribution in [3.8, 4) is 11.5 Å². The van der Waals surface area contributed by atoms with Gasteiger partial charge in [-0.3, -0.25) is 0 Å². The Morgan fingerprint density at radius 3 is 2.59 bits per heavy atom. The molecule has 1 aromatic rings. The van der Waals surface area contributed by atoms with Crippen LogP contribution in [-0.2, 0) is 0 Å². The molecule has 0 spiro atoms. The molecule has 0 amide bonds. The molecule has 0 radical (unpaired) electrons. The first-order valence-electron chi connectivity index (χ1n) is 5.66. The Morgan fingerprint density at radius 1 is 1.24 bits per heavy atom. The quantitative estimate of drug-likeness (QED) is 0.750. The fourth-order valence-electron chi connectivity index (χ4n) is 1.74. The van der Waals surface area contributed by atoms with E-state index in [2.05, 4.69) is 0 Å². The molecule has 4 heteroatoms. The summed E-state index contributed by atoms with van der Waals surface area (Å²) in [6.07, 6.45) is 5.36. The first-order valence-corrected chi connectivity index (χ1v) is 5.66. The van der Waals surface area contributed by atoms with Gasteiger partial charge in [0, 0.05) is 0 Å². The van der Waals surface area contributed by atoms with Crippen molar-refractivity contribution in [2.75, 3.05) is 6.61 Å². The van der Waals surface area contributed by atoms with Crippen LogP contribution in [0.25, 0.3) is 0 Å². The average Bonchev–Trinajstić information content (AvgIpc) is 2.82. The first kappa shape index (κ1) is 11.9. The summed E-state index contributed by atoms with van der Waals surface area (Å²) in [6, 6.07) is 2.78. The van der Waals surface area contributed by atoms with Crippen molar-refractivity contribution in [2.45, 2.75) is 25.9 Å². The Labute approximate surface area is 98.8 Å². The van der Waals surface area contributed by atoms with Crippen LogP contribution in [0.1, 0.15) is 19.8 Å². The fourth-order valence-corrected chi connectivity index (χ4v) is 1.74. The highest BCUT2D eigenvalue weighted by Crippen LogP contribution is 2.29. The van der Waals surface area contributed by atoms with E-state index in [0.717, 1.165) is 12.8 Å². The van der Waals surface area contributed by atoms with Gasteiger partial charge in [0.1, 0.15) is 6.10 Å². The molecule has 0 saturated heterocycles. The Bertz CT molecular complexity index is 430. The number of benzene rings is 1. The van der Waals surface area contributed by atoms with Crippen molar-refractivity contribution < 1.29 is 18.3 Å². The van der Waals surface area contributed by atoms with Gasteiger partial charge in [-0.25, -0.2) is 0 Å². The zero-order valence-corrected chi connectivity index (χ0v) is 9.58. The molecular weight excluding hydrogens is 226 g/mol. The maximum absolute atomic E-state index is 13.6. The second kappa shape index (κ2) is 5.17. The van der Waals surface area contributed by atoms with Crippen LogP contribution in [0.4, 0.5) is 8.78 Å². The minimum absolute atomic E-state index is 0.0671. The molecule has 1 aliphatic rings. The zero-order valence-electron chi connectivity index (χ0n) is 9.58. The van der Waals surface area contributed by atoms with Crippen LogP contribution in [0.15, 0.2) is 24.3 Å². The lowest BCUT2D eigenvalue weighted by Gasteiger charge is -2.14. The van der Waals surface area contributed by atoms with Gasteiger partial charge in [-0.2, -0.15) is 8.78 Å². The third-order valence-corrected chi connectivity index (χ3v) is 2.56. The van der Waals surface area contributed by atoms with Crippen molar-refractivity contribution in [3.05, 3.63) is 35.9 Å². The van der Waals surface area contributed by atoms with E-state index in [0.29, 0.717) is 6.61 Å². The van der Waals surface area contributed by atoms with Crippen molar-refractivity contribution >= 4 is 0 Å². The van der Waals surface area contributed by atoms with Crippen LogP contribution < -0.4 is 9.47 Å². The van der Waals surface area contributed by atoms with Gasteiger partial charge in [-0.05, 0) is 38.0 Å². The monoisotopic (exact) mass is 240 g/mol. The molecule has 1 aromatic carbocycles. The standard InChI is InChI=1S/C13H14F2O2/c1-2-16-10-7-8-11(13(15)12(10)14)17-9-5-3-4-6-9/h3,5,7-9H,2,4,6H2,1H3. The van der Waals surface area contributed by atoms with Gasteiger partial charge in [0.2, 0.25) is 11.6 Å². The zero-order chi connectivity index (χ0) is 12.3. The van der Waals surface area contributed by atoms with E-state index in [1.54, 1.807) is 6.92 Å². The molecule has 0 aliphatic heterocycles. The summed E-state index contributed by atoms with van der Waals surface area (Å²) in [5.41, 5.74) is 0. The summed E-state index contributed by atoms with van der Waals surface area (Å²) in [4.78, 5) is 0. The van der Waals surface area contributed by atoms with Crippen LogP contribution in [0.5, 0.6) is 11.5 Å². The van der Waals surface area contributed by atoms with E-state index in [4.69, 9.17) is 9.47 Å². The van der Waals surface area contributed by atoms with E-state index < -0.39 is 11.6 Å². The number of halogens is 2. The molecule has 17 heavy (non-hydrogen) atoms. The first-order chi connectivity index (χ1) is 8.22. The Kier molecular flexibility index (Phi) is 3.61. The molecule has 1 aliphatic carbocycles. The lowest BCUT2D eigenvalue weighted by atomic mass is 10.2. The number of hydrogen-bond acceptors (Lipinski definition) is 2. The fraction of sp³-hybridized carbons (Fsp3) is 0.385. The maximum Gasteiger partial charge on any atom is 0.204 e. The van der Waals surface area contributed by atoms with Gasteiger partial charge in [0.05, 0.1) is 6.61 Å². The minimum Gasteiger partial charge on any atom is -0.491 e. The summed E-state index contributed by atoms with van der Waals surface area (Å²) in [7, 11) is 0. The molecule has 2 rings (SSSR count).